The van der Waals surface area contributed by atoms with Gasteiger partial charge in [-0.25, -0.2) is 0 Å². The van der Waals surface area contributed by atoms with Crippen molar-refractivity contribution in [3.05, 3.63) is 29.8 Å². The number of hydrogen-bond donors (Lipinski definition) is 1. The summed E-state index contributed by atoms with van der Waals surface area (Å²) in [6, 6.07) is 8.16. The van der Waals surface area contributed by atoms with Crippen LogP contribution in [-0.4, -0.2) is 36.2 Å². The Kier molecular flexibility index (Phi) is 5.23. The number of nitrogens with zero attached hydrogens (tertiary/aromatic N) is 1. The van der Waals surface area contributed by atoms with E-state index in [9.17, 15) is 5.11 Å². The Balaban J connectivity index is 1.89. The zero-order valence-electron chi connectivity index (χ0n) is 12.0. The van der Waals surface area contributed by atoms with Crippen LogP contribution in [0.2, 0.25) is 0 Å². The molecule has 0 radical (unpaired) electrons. The minimum atomic E-state index is -0.386. The second-order valence-electron chi connectivity index (χ2n) is 5.47. The molecule has 0 bridgehead atoms. The molecular weight excluding hydrogens is 238 g/mol. The molecule has 3 heteroatoms. The Hall–Kier alpha value is -1.06. The predicted octanol–water partition coefficient (Wildman–Crippen LogP) is 2.99. The number of likely N-dealkylation sites (tertiary alicyclic amines) is 1. The smallest absolute Gasteiger partial charge is 0.118 e. The van der Waals surface area contributed by atoms with Crippen LogP contribution in [0.1, 0.15) is 44.3 Å². The van der Waals surface area contributed by atoms with E-state index < -0.39 is 0 Å². The molecule has 3 nitrogen and oxygen atoms in total. The Morgan fingerprint density at radius 2 is 1.79 bits per heavy atom. The third kappa shape index (κ3) is 3.95. The lowest BCUT2D eigenvalue weighted by atomic mass is 10.00. The normalized spacial score (nSPS) is 19.9. The summed E-state index contributed by atoms with van der Waals surface area (Å²) in [5.41, 5.74) is 0.977. The average molecular weight is 263 g/mol. The third-order valence-electron chi connectivity index (χ3n) is 4.08. The molecule has 1 N–H and O–H groups in total. The minimum absolute atomic E-state index is 0.386. The van der Waals surface area contributed by atoms with Crippen LogP contribution in [0.4, 0.5) is 0 Å². The van der Waals surface area contributed by atoms with E-state index in [1.807, 2.05) is 24.3 Å². The van der Waals surface area contributed by atoms with Gasteiger partial charge in [-0.05, 0) is 57.0 Å². The third-order valence-corrected chi connectivity index (χ3v) is 4.08. The highest BCUT2D eigenvalue weighted by Gasteiger charge is 2.20. The molecule has 1 aliphatic heterocycles. The van der Waals surface area contributed by atoms with Crippen molar-refractivity contribution in [2.24, 2.45) is 0 Å². The maximum absolute atomic E-state index is 10.3. The number of aliphatic hydroxyl groups is 1. The molecule has 1 saturated heterocycles. The van der Waals surface area contributed by atoms with Crippen LogP contribution in [-0.2, 0) is 0 Å². The predicted molar refractivity (Wildman–Crippen MR) is 77.5 cm³/mol. The van der Waals surface area contributed by atoms with Crippen molar-refractivity contribution in [2.75, 3.05) is 20.2 Å². The molecule has 0 unspecified atom stereocenters. The molecule has 1 heterocycles. The Morgan fingerprint density at radius 3 is 2.37 bits per heavy atom. The van der Waals surface area contributed by atoms with Crippen molar-refractivity contribution in [1.29, 1.82) is 0 Å². The molecule has 0 aromatic heterocycles. The minimum Gasteiger partial charge on any atom is -0.497 e. The molecule has 2 rings (SSSR count). The van der Waals surface area contributed by atoms with E-state index in [0.717, 1.165) is 17.7 Å². The summed E-state index contributed by atoms with van der Waals surface area (Å²) >= 11 is 0. The van der Waals surface area contributed by atoms with Gasteiger partial charge in [-0.1, -0.05) is 18.6 Å². The highest BCUT2D eigenvalue weighted by atomic mass is 16.5. The lowest BCUT2D eigenvalue weighted by Gasteiger charge is -2.33. The van der Waals surface area contributed by atoms with Gasteiger partial charge in [-0.2, -0.15) is 0 Å². The van der Waals surface area contributed by atoms with E-state index >= 15 is 0 Å². The molecule has 0 aliphatic carbocycles. The number of methoxy groups -OCH3 is 1. The largest absolute Gasteiger partial charge is 0.497 e. The second kappa shape index (κ2) is 6.92. The summed E-state index contributed by atoms with van der Waals surface area (Å²) in [4.78, 5) is 2.50. The topological polar surface area (TPSA) is 32.7 Å². The summed E-state index contributed by atoms with van der Waals surface area (Å²) in [7, 11) is 1.66. The van der Waals surface area contributed by atoms with Crippen LogP contribution in [0, 0.1) is 0 Å². The van der Waals surface area contributed by atoms with Gasteiger partial charge in [0.15, 0.2) is 0 Å². The number of piperidine rings is 1. The van der Waals surface area contributed by atoms with E-state index in [-0.39, 0.29) is 6.10 Å². The van der Waals surface area contributed by atoms with Crippen LogP contribution in [0.5, 0.6) is 5.75 Å². The van der Waals surface area contributed by atoms with Gasteiger partial charge < -0.3 is 14.7 Å². The molecule has 0 amide bonds. The molecule has 19 heavy (non-hydrogen) atoms. The van der Waals surface area contributed by atoms with Crippen LogP contribution >= 0.6 is 0 Å². The number of rotatable bonds is 5. The fourth-order valence-corrected chi connectivity index (χ4v) is 2.79. The van der Waals surface area contributed by atoms with Crippen molar-refractivity contribution < 1.29 is 9.84 Å². The highest BCUT2D eigenvalue weighted by Crippen LogP contribution is 2.24. The Labute approximate surface area is 116 Å². The van der Waals surface area contributed by atoms with E-state index in [4.69, 9.17) is 4.74 Å². The molecule has 0 spiro atoms. The summed E-state index contributed by atoms with van der Waals surface area (Å²) in [5.74, 6) is 0.833. The van der Waals surface area contributed by atoms with Crippen LogP contribution in [0.25, 0.3) is 0 Å². The van der Waals surface area contributed by atoms with E-state index in [1.54, 1.807) is 7.11 Å². The first-order valence-corrected chi connectivity index (χ1v) is 7.27. The number of benzene rings is 1. The summed E-state index contributed by atoms with van der Waals surface area (Å²) in [6.07, 6.45) is 4.35. The van der Waals surface area contributed by atoms with Gasteiger partial charge in [0.1, 0.15) is 5.75 Å². The first-order chi connectivity index (χ1) is 9.20. The van der Waals surface area contributed by atoms with Gasteiger partial charge in [0.05, 0.1) is 13.2 Å². The SMILES string of the molecule is COc1ccc([C@@H](O)C[C@@H](C)N2CCCCC2)cc1. The zero-order valence-corrected chi connectivity index (χ0v) is 12.0. The second-order valence-corrected chi connectivity index (χ2v) is 5.47. The first kappa shape index (κ1) is 14.4. The molecule has 106 valence electrons. The fraction of sp³-hybridized carbons (Fsp3) is 0.625. The maximum atomic E-state index is 10.3. The lowest BCUT2D eigenvalue weighted by Crippen LogP contribution is -2.38. The van der Waals surface area contributed by atoms with Crippen molar-refractivity contribution in [1.82, 2.24) is 4.90 Å². The van der Waals surface area contributed by atoms with Crippen molar-refractivity contribution in [3.8, 4) is 5.75 Å². The molecule has 1 aliphatic rings. The van der Waals surface area contributed by atoms with Gasteiger partial charge in [0.2, 0.25) is 0 Å². The molecule has 1 aromatic rings. The van der Waals surface area contributed by atoms with Crippen molar-refractivity contribution in [2.45, 2.75) is 44.8 Å². The first-order valence-electron chi connectivity index (χ1n) is 7.27. The standard InChI is InChI=1S/C16H25NO2/c1-13(17-10-4-3-5-11-17)12-16(18)14-6-8-15(19-2)9-7-14/h6-9,13,16,18H,3-5,10-12H2,1-2H3/t13-,16+/m1/s1. The van der Waals surface area contributed by atoms with Crippen LogP contribution < -0.4 is 4.74 Å². The van der Waals surface area contributed by atoms with Crippen LogP contribution in [0.15, 0.2) is 24.3 Å². The summed E-state index contributed by atoms with van der Waals surface area (Å²) < 4.78 is 5.14. The highest BCUT2D eigenvalue weighted by molar-refractivity contribution is 5.28. The van der Waals surface area contributed by atoms with E-state index in [1.165, 1.54) is 32.4 Å². The Bertz CT molecular complexity index is 371. The summed E-state index contributed by atoms with van der Waals surface area (Å²) in [5, 5.41) is 10.3. The van der Waals surface area contributed by atoms with Gasteiger partial charge in [0.25, 0.3) is 0 Å². The van der Waals surface area contributed by atoms with Gasteiger partial charge in [-0.3, -0.25) is 0 Å². The molecular formula is C16H25NO2. The summed E-state index contributed by atoms with van der Waals surface area (Å²) in [6.45, 7) is 4.57. The van der Waals surface area contributed by atoms with Crippen molar-refractivity contribution in [3.63, 3.8) is 0 Å². The number of aliphatic hydroxyl groups excluding tert-OH is 1. The van der Waals surface area contributed by atoms with Gasteiger partial charge >= 0.3 is 0 Å². The lowest BCUT2D eigenvalue weighted by molar-refractivity contribution is 0.0970. The van der Waals surface area contributed by atoms with Gasteiger partial charge in [0, 0.05) is 6.04 Å². The molecule has 1 fully saturated rings. The molecule has 2 atom stereocenters. The number of ether oxygens (including phenoxy) is 1. The molecule has 0 saturated carbocycles. The van der Waals surface area contributed by atoms with E-state index in [0.29, 0.717) is 6.04 Å². The monoisotopic (exact) mass is 263 g/mol. The van der Waals surface area contributed by atoms with E-state index in [2.05, 4.69) is 11.8 Å². The number of hydrogen-bond acceptors (Lipinski definition) is 3. The average Bonchev–Trinajstić information content (AvgIpc) is 2.48. The van der Waals surface area contributed by atoms with Crippen LogP contribution in [0.3, 0.4) is 0 Å². The van der Waals surface area contributed by atoms with Crippen molar-refractivity contribution >= 4 is 0 Å². The maximum Gasteiger partial charge on any atom is 0.118 e. The molecule has 1 aromatic carbocycles. The quantitative estimate of drug-likeness (QED) is 0.886. The Morgan fingerprint density at radius 1 is 1.16 bits per heavy atom. The fourth-order valence-electron chi connectivity index (χ4n) is 2.79. The zero-order chi connectivity index (χ0) is 13.7. The van der Waals surface area contributed by atoms with Gasteiger partial charge in [-0.15, -0.1) is 0 Å².